The van der Waals surface area contributed by atoms with Gasteiger partial charge in [-0.15, -0.1) is 0 Å². The van der Waals surface area contributed by atoms with Crippen molar-refractivity contribution in [2.45, 2.75) is 104 Å². The molecule has 1 aliphatic rings. The lowest BCUT2D eigenvalue weighted by molar-refractivity contribution is -0.890. The van der Waals surface area contributed by atoms with Crippen LogP contribution in [0.25, 0.3) is 0 Å². The van der Waals surface area contributed by atoms with Gasteiger partial charge < -0.3 is 36.0 Å². The number of unbranched alkanes of at least 4 members (excludes halogenated alkanes) is 13. The van der Waals surface area contributed by atoms with E-state index in [0.29, 0.717) is 23.7 Å². The Morgan fingerprint density at radius 3 is 1.79 bits per heavy atom. The van der Waals surface area contributed by atoms with Gasteiger partial charge in [-0.3, -0.25) is 9.59 Å². The van der Waals surface area contributed by atoms with Gasteiger partial charge in [0.2, 0.25) is 5.78 Å². The predicted molar refractivity (Wildman–Crippen MR) is 170 cm³/mol. The number of rotatable bonds is 20. The fraction of sp³-hybridized carbons (Fsp3) is 0.611. The van der Waals surface area contributed by atoms with E-state index < -0.39 is 5.78 Å². The quantitative estimate of drug-likeness (QED) is 0.129. The number of phenolic OH excluding ortho intramolecular Hbond substituents is 1. The number of halogens is 1. The van der Waals surface area contributed by atoms with Crippen LogP contribution in [0.1, 0.15) is 134 Å². The van der Waals surface area contributed by atoms with Gasteiger partial charge in [0.05, 0.1) is 38.9 Å². The van der Waals surface area contributed by atoms with Crippen LogP contribution >= 0.6 is 0 Å². The van der Waals surface area contributed by atoms with E-state index in [0.717, 1.165) is 17.6 Å². The van der Waals surface area contributed by atoms with Crippen molar-refractivity contribution in [1.29, 1.82) is 0 Å². The molecule has 0 bridgehead atoms. The van der Waals surface area contributed by atoms with Crippen LogP contribution in [0, 0.1) is 6.92 Å². The Bertz CT molecular complexity index is 1190. The summed E-state index contributed by atoms with van der Waals surface area (Å²) >= 11 is 0. The van der Waals surface area contributed by atoms with Crippen molar-refractivity contribution in [1.82, 2.24) is 0 Å². The lowest BCUT2D eigenvalue weighted by Crippen LogP contribution is -3.00. The van der Waals surface area contributed by atoms with Crippen LogP contribution in [0.15, 0.2) is 24.3 Å². The molecule has 0 heterocycles. The summed E-state index contributed by atoms with van der Waals surface area (Å²) in [5.74, 6) is -0.102. The highest BCUT2D eigenvalue weighted by atomic mass is 79.9. The number of likely N-dealkylation sites (N-methyl/N-ethyl adjacent to an activating group) is 1. The van der Waals surface area contributed by atoms with E-state index in [-0.39, 0.29) is 50.8 Å². The second-order valence-corrected chi connectivity index (χ2v) is 12.7. The summed E-state index contributed by atoms with van der Waals surface area (Å²) in [5.41, 5.74) is 1.43. The summed E-state index contributed by atoms with van der Waals surface area (Å²) in [6, 6.07) is 6.40. The second kappa shape index (κ2) is 18.4. The number of aromatic hydroxyl groups is 1. The number of carbonyl (C=O) groups is 2. The van der Waals surface area contributed by atoms with E-state index >= 15 is 0 Å². The number of ether oxygens (including phenoxy) is 2. The van der Waals surface area contributed by atoms with Crippen LogP contribution < -0.4 is 26.5 Å². The van der Waals surface area contributed by atoms with Crippen molar-refractivity contribution < 1.29 is 45.6 Å². The van der Waals surface area contributed by atoms with Gasteiger partial charge in [0.15, 0.2) is 5.78 Å². The van der Waals surface area contributed by atoms with Crippen molar-refractivity contribution in [2.24, 2.45) is 0 Å². The Morgan fingerprint density at radius 1 is 0.698 bits per heavy atom. The molecule has 2 aromatic rings. The Balaban J connectivity index is 0.00000645. The largest absolute Gasteiger partial charge is 1.00 e. The molecule has 0 aliphatic heterocycles. The number of hydrogen-bond donors (Lipinski definition) is 1. The van der Waals surface area contributed by atoms with Crippen LogP contribution in [0.3, 0.4) is 0 Å². The molecule has 0 amide bonds. The number of quaternary nitrogens is 1. The van der Waals surface area contributed by atoms with Gasteiger partial charge in [0, 0.05) is 17.2 Å². The fourth-order valence-corrected chi connectivity index (χ4v) is 5.94. The number of ketones is 2. The number of carbonyl (C=O) groups excluding carboxylic acids is 2. The Kier molecular flexibility index (Phi) is 15.8. The van der Waals surface area contributed by atoms with Crippen molar-refractivity contribution >= 4 is 11.6 Å². The van der Waals surface area contributed by atoms with E-state index in [1.54, 1.807) is 25.1 Å². The SMILES string of the molecule is CCCCCCCCCCCCCCCC[N+](C)(C)CCOc1cc(OC)cc2c1C(=O)c1c(O)cc(C)cc1C2=O.[Br-]. The number of aryl methyl sites for hydroxylation is 1. The molecule has 0 fully saturated rings. The maximum Gasteiger partial charge on any atom is 0.201 e. The first-order valence-corrected chi connectivity index (χ1v) is 16.3. The maximum absolute atomic E-state index is 13.5. The van der Waals surface area contributed by atoms with E-state index in [9.17, 15) is 14.7 Å². The molecule has 1 aliphatic carbocycles. The molecule has 0 radical (unpaired) electrons. The highest BCUT2D eigenvalue weighted by molar-refractivity contribution is 6.30. The third-order valence-corrected chi connectivity index (χ3v) is 8.59. The zero-order valence-electron chi connectivity index (χ0n) is 27.2. The molecule has 7 heteroatoms. The summed E-state index contributed by atoms with van der Waals surface area (Å²) in [7, 11) is 5.94. The minimum absolute atomic E-state index is 0. The normalized spacial score (nSPS) is 12.5. The number of benzene rings is 2. The Hall–Kier alpha value is -2.38. The van der Waals surface area contributed by atoms with Crippen LogP contribution in [-0.4, -0.2) is 62.1 Å². The maximum atomic E-state index is 13.5. The molecule has 0 spiro atoms. The number of methoxy groups -OCH3 is 1. The van der Waals surface area contributed by atoms with Crippen molar-refractivity contribution in [3.05, 3.63) is 52.1 Å². The third-order valence-electron chi connectivity index (χ3n) is 8.59. The average Bonchev–Trinajstić information content (AvgIpc) is 2.95. The Morgan fingerprint density at radius 2 is 1.23 bits per heavy atom. The summed E-state index contributed by atoms with van der Waals surface area (Å²) in [5, 5.41) is 10.5. The van der Waals surface area contributed by atoms with Gasteiger partial charge >= 0.3 is 0 Å². The molecule has 0 aromatic heterocycles. The molecule has 3 rings (SSSR count). The molecule has 240 valence electrons. The van der Waals surface area contributed by atoms with E-state index in [4.69, 9.17) is 9.47 Å². The number of hydrogen-bond acceptors (Lipinski definition) is 5. The lowest BCUT2D eigenvalue weighted by atomic mass is 9.82. The van der Waals surface area contributed by atoms with Crippen LogP contribution in [-0.2, 0) is 0 Å². The van der Waals surface area contributed by atoms with E-state index in [2.05, 4.69) is 21.0 Å². The molecule has 0 saturated heterocycles. The van der Waals surface area contributed by atoms with Gasteiger partial charge in [-0.2, -0.15) is 0 Å². The third kappa shape index (κ3) is 10.9. The van der Waals surface area contributed by atoms with Crippen LogP contribution in [0.2, 0.25) is 0 Å². The molecule has 0 unspecified atom stereocenters. The van der Waals surface area contributed by atoms with Crippen LogP contribution in [0.4, 0.5) is 0 Å². The highest BCUT2D eigenvalue weighted by Gasteiger charge is 2.35. The smallest absolute Gasteiger partial charge is 0.201 e. The first-order valence-electron chi connectivity index (χ1n) is 16.3. The zero-order valence-corrected chi connectivity index (χ0v) is 28.8. The molecular weight excluding hydrogens is 606 g/mol. The van der Waals surface area contributed by atoms with Gasteiger partial charge in [-0.05, 0) is 43.5 Å². The summed E-state index contributed by atoms with van der Waals surface area (Å²) < 4.78 is 12.4. The Labute approximate surface area is 270 Å². The second-order valence-electron chi connectivity index (χ2n) is 12.7. The fourth-order valence-electron chi connectivity index (χ4n) is 5.94. The number of fused-ring (bicyclic) bond motifs is 2. The number of phenols is 1. The van der Waals surface area contributed by atoms with Crippen molar-refractivity contribution in [3.8, 4) is 17.2 Å². The predicted octanol–water partition coefficient (Wildman–Crippen LogP) is 5.43. The topological polar surface area (TPSA) is 72.8 Å². The van der Waals surface area contributed by atoms with E-state index in [1.807, 2.05) is 0 Å². The van der Waals surface area contributed by atoms with Gasteiger partial charge in [-0.1, -0.05) is 84.0 Å². The molecule has 0 atom stereocenters. The average molecular weight is 661 g/mol. The zero-order chi connectivity index (χ0) is 30.5. The monoisotopic (exact) mass is 659 g/mol. The summed E-state index contributed by atoms with van der Waals surface area (Å²) in [6.45, 7) is 6.30. The summed E-state index contributed by atoms with van der Waals surface area (Å²) in [6.07, 6.45) is 19.0. The molecule has 6 nitrogen and oxygen atoms in total. The minimum Gasteiger partial charge on any atom is -1.00 e. The first kappa shape index (κ1) is 36.8. The van der Waals surface area contributed by atoms with Crippen molar-refractivity contribution in [3.63, 3.8) is 0 Å². The minimum atomic E-state index is -0.397. The van der Waals surface area contributed by atoms with Gasteiger partial charge in [0.25, 0.3) is 0 Å². The number of nitrogens with zero attached hydrogens (tertiary/aromatic N) is 1. The molecule has 1 N–H and O–H groups in total. The van der Waals surface area contributed by atoms with Gasteiger partial charge in [0.1, 0.15) is 30.4 Å². The molecule has 0 saturated carbocycles. The standard InChI is InChI=1S/C36H53NO5.BrH/c1-6-7-8-9-10-11-12-13-14-15-16-17-18-19-20-37(3,4)21-22-42-32-26-28(41-5)25-30-34(32)36(40)33-29(35(30)39)23-27(2)24-31(33)38;/h23-26H,6-22H2,1-5H3;1H. The van der Waals surface area contributed by atoms with Crippen molar-refractivity contribution in [2.75, 3.05) is 40.9 Å². The molecule has 43 heavy (non-hydrogen) atoms. The molecular formula is C36H54BrNO5. The first-order chi connectivity index (χ1) is 20.2. The van der Waals surface area contributed by atoms with Gasteiger partial charge in [-0.25, -0.2) is 0 Å². The molecule has 2 aromatic carbocycles. The van der Waals surface area contributed by atoms with Crippen LogP contribution in [0.5, 0.6) is 17.2 Å². The lowest BCUT2D eigenvalue weighted by Gasteiger charge is -2.30. The highest BCUT2D eigenvalue weighted by Crippen LogP contribution is 2.39. The van der Waals surface area contributed by atoms with E-state index in [1.165, 1.54) is 103 Å². The summed E-state index contributed by atoms with van der Waals surface area (Å²) in [4.78, 5) is 26.8.